The molecule has 0 bridgehead atoms. The predicted octanol–water partition coefficient (Wildman–Crippen LogP) is 3.65. The first-order chi connectivity index (χ1) is 13.8. The minimum absolute atomic E-state index is 0.0874. The van der Waals surface area contributed by atoms with E-state index in [1.165, 1.54) is 0 Å². The lowest BCUT2D eigenvalue weighted by Gasteiger charge is -2.11. The van der Waals surface area contributed by atoms with Gasteiger partial charge in [-0.3, -0.25) is 0 Å². The molecular weight excluding hydrogens is 360 g/mol. The molecular formula is C21H20N2O5. The van der Waals surface area contributed by atoms with Gasteiger partial charge in [-0.2, -0.15) is 0 Å². The molecule has 2 aromatic carbocycles. The molecule has 0 radical (unpaired) electrons. The van der Waals surface area contributed by atoms with Crippen LogP contribution in [0.4, 0.5) is 0 Å². The molecule has 1 aromatic heterocycles. The zero-order valence-corrected chi connectivity index (χ0v) is 15.2. The Balaban J connectivity index is 1.28. The quantitative estimate of drug-likeness (QED) is 0.579. The van der Waals surface area contributed by atoms with Gasteiger partial charge in [0.15, 0.2) is 6.61 Å². The first-order valence-corrected chi connectivity index (χ1v) is 9.17. The number of nitrogens with zero attached hydrogens (tertiary/aromatic N) is 2. The van der Waals surface area contributed by atoms with Crippen LogP contribution >= 0.6 is 0 Å². The third kappa shape index (κ3) is 4.55. The number of esters is 1. The Kier molecular flexibility index (Phi) is 5.63. The number of hydrogen-bond acceptors (Lipinski definition) is 7. The minimum atomic E-state index is -0.467. The predicted molar refractivity (Wildman–Crippen MR) is 99.8 cm³/mol. The van der Waals surface area contributed by atoms with Crippen molar-refractivity contribution in [3.63, 3.8) is 0 Å². The molecule has 1 atom stereocenters. The maximum absolute atomic E-state index is 12.2. The lowest BCUT2D eigenvalue weighted by Crippen LogP contribution is -2.16. The van der Waals surface area contributed by atoms with Crippen molar-refractivity contribution in [3.8, 4) is 17.2 Å². The van der Waals surface area contributed by atoms with Crippen LogP contribution in [0.2, 0.25) is 0 Å². The third-order valence-corrected chi connectivity index (χ3v) is 4.36. The van der Waals surface area contributed by atoms with Gasteiger partial charge in [0.2, 0.25) is 5.89 Å². The molecule has 0 saturated carbocycles. The lowest BCUT2D eigenvalue weighted by atomic mass is 10.2. The molecule has 2 heterocycles. The van der Waals surface area contributed by atoms with E-state index in [-0.39, 0.29) is 18.6 Å². The van der Waals surface area contributed by atoms with Crippen LogP contribution in [-0.2, 0) is 16.1 Å². The topological polar surface area (TPSA) is 83.7 Å². The van der Waals surface area contributed by atoms with Gasteiger partial charge in [-0.15, -0.1) is 10.2 Å². The summed E-state index contributed by atoms with van der Waals surface area (Å²) < 4.78 is 22.0. The Bertz CT molecular complexity index is 902. The van der Waals surface area contributed by atoms with Gasteiger partial charge < -0.3 is 18.6 Å². The summed E-state index contributed by atoms with van der Waals surface area (Å²) in [6.45, 7) is 1.23. The molecule has 0 aliphatic carbocycles. The molecule has 28 heavy (non-hydrogen) atoms. The maximum atomic E-state index is 12.2. The monoisotopic (exact) mass is 380 g/mol. The zero-order chi connectivity index (χ0) is 19.2. The van der Waals surface area contributed by atoms with Crippen molar-refractivity contribution >= 4 is 5.97 Å². The summed E-state index contributed by atoms with van der Waals surface area (Å²) in [6, 6.07) is 16.2. The lowest BCUT2D eigenvalue weighted by molar-refractivity contribution is 0.0438. The van der Waals surface area contributed by atoms with E-state index in [0.717, 1.165) is 25.0 Å². The molecule has 7 heteroatoms. The van der Waals surface area contributed by atoms with Gasteiger partial charge in [-0.05, 0) is 49.2 Å². The Morgan fingerprint density at radius 2 is 1.89 bits per heavy atom. The van der Waals surface area contributed by atoms with E-state index >= 15 is 0 Å². The molecule has 144 valence electrons. The SMILES string of the molecule is O=C(OCc1nnc(-c2ccccc2)o1)c1ccc(OCC2CCCO2)cc1. The average Bonchev–Trinajstić information content (AvgIpc) is 3.44. The number of carbonyl (C=O) groups is 1. The molecule has 7 nitrogen and oxygen atoms in total. The highest BCUT2D eigenvalue weighted by Crippen LogP contribution is 2.19. The van der Waals surface area contributed by atoms with Crippen molar-refractivity contribution in [2.24, 2.45) is 0 Å². The molecule has 1 aliphatic rings. The largest absolute Gasteiger partial charge is 0.491 e. The van der Waals surface area contributed by atoms with Crippen LogP contribution in [0.5, 0.6) is 5.75 Å². The van der Waals surface area contributed by atoms with Gasteiger partial charge in [-0.25, -0.2) is 4.79 Å². The van der Waals surface area contributed by atoms with Crippen molar-refractivity contribution in [2.75, 3.05) is 13.2 Å². The van der Waals surface area contributed by atoms with Gasteiger partial charge in [0.05, 0.1) is 11.7 Å². The second-order valence-corrected chi connectivity index (χ2v) is 6.41. The fourth-order valence-electron chi connectivity index (χ4n) is 2.87. The van der Waals surface area contributed by atoms with Gasteiger partial charge in [0.25, 0.3) is 5.89 Å². The smallest absolute Gasteiger partial charge is 0.338 e. The number of rotatable bonds is 7. The Morgan fingerprint density at radius 3 is 2.64 bits per heavy atom. The van der Waals surface area contributed by atoms with Crippen LogP contribution in [-0.4, -0.2) is 35.5 Å². The average molecular weight is 380 g/mol. The van der Waals surface area contributed by atoms with Crippen molar-refractivity contribution in [1.29, 1.82) is 0 Å². The van der Waals surface area contributed by atoms with E-state index in [1.807, 2.05) is 30.3 Å². The standard InChI is InChI=1S/C21H20N2O5/c24-21(16-8-10-17(11-9-16)26-13-18-7-4-12-25-18)27-14-19-22-23-20(28-19)15-5-2-1-3-6-15/h1-3,5-6,8-11,18H,4,7,12-14H2. The van der Waals surface area contributed by atoms with Crippen LogP contribution < -0.4 is 4.74 Å². The number of aromatic nitrogens is 2. The van der Waals surface area contributed by atoms with Crippen LogP contribution in [0.1, 0.15) is 29.1 Å². The first kappa shape index (κ1) is 18.2. The fourth-order valence-corrected chi connectivity index (χ4v) is 2.87. The highest BCUT2D eigenvalue weighted by atomic mass is 16.5. The molecule has 1 aliphatic heterocycles. The normalized spacial score (nSPS) is 16.1. The van der Waals surface area contributed by atoms with E-state index in [0.29, 0.717) is 23.8 Å². The summed E-state index contributed by atoms with van der Waals surface area (Å²) in [4.78, 5) is 12.2. The summed E-state index contributed by atoms with van der Waals surface area (Å²) in [5.74, 6) is 0.852. The van der Waals surface area contributed by atoms with Crippen molar-refractivity contribution in [2.45, 2.75) is 25.6 Å². The first-order valence-electron chi connectivity index (χ1n) is 9.17. The van der Waals surface area contributed by atoms with E-state index in [4.69, 9.17) is 18.6 Å². The number of benzene rings is 2. The molecule has 0 amide bonds. The molecule has 4 rings (SSSR count). The Hall–Kier alpha value is -3.19. The Labute approximate surface area is 162 Å². The Morgan fingerprint density at radius 1 is 1.07 bits per heavy atom. The fraction of sp³-hybridized carbons (Fsp3) is 0.286. The summed E-state index contributed by atoms with van der Waals surface area (Å²) in [5, 5.41) is 7.88. The highest BCUT2D eigenvalue weighted by Gasteiger charge is 2.16. The van der Waals surface area contributed by atoms with E-state index in [1.54, 1.807) is 24.3 Å². The van der Waals surface area contributed by atoms with Gasteiger partial charge in [0, 0.05) is 12.2 Å². The second kappa shape index (κ2) is 8.67. The third-order valence-electron chi connectivity index (χ3n) is 4.36. The van der Waals surface area contributed by atoms with Crippen LogP contribution in [0.25, 0.3) is 11.5 Å². The van der Waals surface area contributed by atoms with Crippen molar-refractivity contribution in [1.82, 2.24) is 10.2 Å². The summed E-state index contributed by atoms with van der Waals surface area (Å²) in [7, 11) is 0. The molecule has 1 saturated heterocycles. The van der Waals surface area contributed by atoms with E-state index in [9.17, 15) is 4.79 Å². The number of hydrogen-bond donors (Lipinski definition) is 0. The maximum Gasteiger partial charge on any atom is 0.338 e. The van der Waals surface area contributed by atoms with Crippen molar-refractivity contribution < 1.29 is 23.4 Å². The van der Waals surface area contributed by atoms with Crippen LogP contribution in [0.15, 0.2) is 59.0 Å². The number of ether oxygens (including phenoxy) is 3. The zero-order valence-electron chi connectivity index (χ0n) is 15.2. The summed E-state index contributed by atoms with van der Waals surface area (Å²) in [6.07, 6.45) is 2.25. The van der Waals surface area contributed by atoms with Crippen LogP contribution in [0.3, 0.4) is 0 Å². The second-order valence-electron chi connectivity index (χ2n) is 6.41. The molecule has 0 spiro atoms. The van der Waals surface area contributed by atoms with Crippen LogP contribution in [0, 0.1) is 0 Å². The number of carbonyl (C=O) groups excluding carboxylic acids is 1. The minimum Gasteiger partial charge on any atom is -0.491 e. The van der Waals surface area contributed by atoms with E-state index in [2.05, 4.69) is 10.2 Å². The van der Waals surface area contributed by atoms with Gasteiger partial charge in [0.1, 0.15) is 12.4 Å². The molecule has 1 fully saturated rings. The van der Waals surface area contributed by atoms with E-state index < -0.39 is 5.97 Å². The summed E-state index contributed by atoms with van der Waals surface area (Å²) in [5.41, 5.74) is 1.23. The molecule has 0 N–H and O–H groups in total. The highest BCUT2D eigenvalue weighted by molar-refractivity contribution is 5.89. The molecule has 3 aromatic rings. The summed E-state index contributed by atoms with van der Waals surface area (Å²) >= 11 is 0. The molecule has 1 unspecified atom stereocenters. The van der Waals surface area contributed by atoms with Crippen molar-refractivity contribution in [3.05, 3.63) is 66.1 Å². The van der Waals surface area contributed by atoms with Gasteiger partial charge >= 0.3 is 5.97 Å². The van der Waals surface area contributed by atoms with Gasteiger partial charge in [-0.1, -0.05) is 18.2 Å².